The molecular weight excluding hydrogens is 400 g/mol. The Bertz CT molecular complexity index is 1160. The third-order valence-corrected chi connectivity index (χ3v) is 6.81. The molecule has 5 rings (SSSR count). The number of thiazole rings is 1. The Hall–Kier alpha value is -3.39. The Kier molecular flexibility index (Phi) is 4.25. The molecule has 2 unspecified atom stereocenters. The number of hydrogen-bond donors (Lipinski definition) is 2. The van der Waals surface area contributed by atoms with Crippen molar-refractivity contribution < 1.29 is 14.3 Å². The minimum absolute atomic E-state index is 0.0874. The van der Waals surface area contributed by atoms with E-state index in [-0.39, 0.29) is 11.8 Å². The van der Waals surface area contributed by atoms with Gasteiger partial charge in [-0.15, -0.1) is 0 Å². The van der Waals surface area contributed by atoms with Crippen molar-refractivity contribution in [3.05, 3.63) is 70.7 Å². The maximum absolute atomic E-state index is 13.4. The van der Waals surface area contributed by atoms with E-state index in [4.69, 9.17) is 10.5 Å². The van der Waals surface area contributed by atoms with Gasteiger partial charge in [-0.2, -0.15) is 0 Å². The van der Waals surface area contributed by atoms with Crippen LogP contribution in [0.1, 0.15) is 33.3 Å². The Balaban J connectivity index is 1.68. The lowest BCUT2D eigenvalue weighted by Gasteiger charge is -2.34. The SMILES string of the molecule is COc1cccc(C2N(C(=O)c3cnc(N)s3)CCC23C(=O)Nc2ccccc23)c1. The number of aromatic nitrogens is 1. The Morgan fingerprint density at radius 1 is 1.30 bits per heavy atom. The molecule has 1 aromatic heterocycles. The van der Waals surface area contributed by atoms with Crippen molar-refractivity contribution >= 4 is 34.0 Å². The van der Waals surface area contributed by atoms with Crippen LogP contribution in [0.15, 0.2) is 54.7 Å². The van der Waals surface area contributed by atoms with Crippen LogP contribution in [0.2, 0.25) is 0 Å². The van der Waals surface area contributed by atoms with E-state index in [1.165, 1.54) is 6.20 Å². The number of benzene rings is 2. The molecule has 2 aliphatic rings. The summed E-state index contributed by atoms with van der Waals surface area (Å²) in [5.41, 5.74) is 7.46. The zero-order valence-corrected chi connectivity index (χ0v) is 17.1. The Morgan fingerprint density at radius 3 is 2.90 bits per heavy atom. The summed E-state index contributed by atoms with van der Waals surface area (Å²) in [4.78, 5) is 33.1. The van der Waals surface area contributed by atoms with Gasteiger partial charge in [-0.25, -0.2) is 4.98 Å². The summed E-state index contributed by atoms with van der Waals surface area (Å²) < 4.78 is 5.42. The molecule has 30 heavy (non-hydrogen) atoms. The monoisotopic (exact) mass is 420 g/mol. The molecule has 152 valence electrons. The molecule has 2 aliphatic heterocycles. The van der Waals surface area contributed by atoms with Crippen LogP contribution < -0.4 is 15.8 Å². The standard InChI is InChI=1S/C22H20N4O3S/c1-29-14-6-4-5-13(11-14)18-22(15-7-2-3-8-16(15)25-20(22)28)9-10-26(18)19(27)17-12-24-21(23)30-17/h2-8,11-12,18H,9-10H2,1H3,(H2,23,24)(H,25,28). The van der Waals surface area contributed by atoms with Gasteiger partial charge in [0.2, 0.25) is 5.91 Å². The van der Waals surface area contributed by atoms with Crippen molar-refractivity contribution in [1.29, 1.82) is 0 Å². The minimum atomic E-state index is -0.866. The molecule has 8 heteroatoms. The maximum Gasteiger partial charge on any atom is 0.266 e. The molecule has 2 atom stereocenters. The highest BCUT2D eigenvalue weighted by molar-refractivity contribution is 7.17. The fraction of sp³-hybridized carbons (Fsp3) is 0.227. The smallest absolute Gasteiger partial charge is 0.266 e. The lowest BCUT2D eigenvalue weighted by molar-refractivity contribution is -0.121. The van der Waals surface area contributed by atoms with Gasteiger partial charge in [0, 0.05) is 12.2 Å². The predicted octanol–water partition coefficient (Wildman–Crippen LogP) is 3.21. The molecule has 0 saturated carbocycles. The van der Waals surface area contributed by atoms with Gasteiger partial charge < -0.3 is 20.7 Å². The number of hydrogen-bond acceptors (Lipinski definition) is 6. The highest BCUT2D eigenvalue weighted by Gasteiger charge is 2.59. The predicted molar refractivity (Wildman–Crippen MR) is 115 cm³/mol. The van der Waals surface area contributed by atoms with E-state index in [0.717, 1.165) is 28.2 Å². The zero-order valence-electron chi connectivity index (χ0n) is 16.3. The van der Waals surface area contributed by atoms with Gasteiger partial charge in [0.15, 0.2) is 5.13 Å². The molecule has 0 bridgehead atoms. The highest BCUT2D eigenvalue weighted by Crippen LogP contribution is 2.55. The van der Waals surface area contributed by atoms with Crippen LogP contribution in [0.25, 0.3) is 0 Å². The number of nitrogens with two attached hydrogens (primary N) is 1. The molecule has 7 nitrogen and oxygen atoms in total. The maximum atomic E-state index is 13.4. The number of likely N-dealkylation sites (tertiary alicyclic amines) is 1. The summed E-state index contributed by atoms with van der Waals surface area (Å²) >= 11 is 1.16. The molecule has 3 heterocycles. The van der Waals surface area contributed by atoms with Gasteiger partial charge in [0.1, 0.15) is 16.0 Å². The first kappa shape index (κ1) is 18.6. The molecule has 3 aromatic rings. The number of fused-ring (bicyclic) bond motifs is 2. The number of methoxy groups -OCH3 is 1. The average molecular weight is 420 g/mol. The number of ether oxygens (including phenoxy) is 1. The van der Waals surface area contributed by atoms with Crippen molar-refractivity contribution in [3.63, 3.8) is 0 Å². The summed E-state index contributed by atoms with van der Waals surface area (Å²) in [6.45, 7) is 0.445. The molecule has 2 aromatic carbocycles. The summed E-state index contributed by atoms with van der Waals surface area (Å²) in [6.07, 6.45) is 2.02. The second-order valence-electron chi connectivity index (χ2n) is 7.46. The zero-order chi connectivity index (χ0) is 20.9. The molecule has 0 aliphatic carbocycles. The average Bonchev–Trinajstić information content (AvgIpc) is 3.45. The van der Waals surface area contributed by atoms with E-state index >= 15 is 0 Å². The second kappa shape index (κ2) is 6.84. The number of anilines is 2. The van der Waals surface area contributed by atoms with Crippen molar-refractivity contribution in [2.75, 3.05) is 24.7 Å². The van der Waals surface area contributed by atoms with Crippen molar-refractivity contribution in [2.45, 2.75) is 17.9 Å². The van der Waals surface area contributed by atoms with Gasteiger partial charge in [0.25, 0.3) is 5.91 Å². The van der Waals surface area contributed by atoms with E-state index < -0.39 is 11.5 Å². The lowest BCUT2D eigenvalue weighted by atomic mass is 9.72. The van der Waals surface area contributed by atoms with Crippen LogP contribution in [0.3, 0.4) is 0 Å². The van der Waals surface area contributed by atoms with E-state index in [2.05, 4.69) is 10.3 Å². The summed E-state index contributed by atoms with van der Waals surface area (Å²) in [5.74, 6) is 0.414. The summed E-state index contributed by atoms with van der Waals surface area (Å²) in [5, 5.41) is 3.37. The molecule has 3 N–H and O–H groups in total. The Labute approximate surface area is 177 Å². The van der Waals surface area contributed by atoms with Crippen molar-refractivity contribution in [3.8, 4) is 5.75 Å². The first-order chi connectivity index (χ1) is 14.5. The number of nitrogens with one attached hydrogen (secondary N) is 1. The first-order valence-electron chi connectivity index (χ1n) is 9.62. The molecular formula is C22H20N4O3S. The second-order valence-corrected chi connectivity index (χ2v) is 8.52. The number of nitrogen functional groups attached to an aromatic ring is 1. The van der Waals surface area contributed by atoms with Crippen molar-refractivity contribution in [2.24, 2.45) is 0 Å². The number of nitrogens with zero attached hydrogens (tertiary/aromatic N) is 2. The van der Waals surface area contributed by atoms with Crippen LogP contribution in [0, 0.1) is 0 Å². The number of carbonyl (C=O) groups excluding carboxylic acids is 2. The number of carbonyl (C=O) groups is 2. The fourth-order valence-corrected chi connectivity index (χ4v) is 5.35. The van der Waals surface area contributed by atoms with Crippen LogP contribution in [-0.4, -0.2) is 35.4 Å². The van der Waals surface area contributed by atoms with Crippen LogP contribution in [0.4, 0.5) is 10.8 Å². The number of amides is 2. The minimum Gasteiger partial charge on any atom is -0.497 e. The number of rotatable bonds is 3. The van der Waals surface area contributed by atoms with Gasteiger partial charge >= 0.3 is 0 Å². The van der Waals surface area contributed by atoms with Crippen molar-refractivity contribution in [1.82, 2.24) is 9.88 Å². The normalized spacial score (nSPS) is 22.2. The molecule has 1 spiro atoms. The van der Waals surface area contributed by atoms with Crippen LogP contribution in [0.5, 0.6) is 5.75 Å². The fourth-order valence-electron chi connectivity index (χ4n) is 4.71. The van der Waals surface area contributed by atoms with E-state index in [1.54, 1.807) is 12.0 Å². The van der Waals surface area contributed by atoms with Gasteiger partial charge in [-0.3, -0.25) is 9.59 Å². The van der Waals surface area contributed by atoms with Crippen LogP contribution in [-0.2, 0) is 10.2 Å². The third-order valence-electron chi connectivity index (χ3n) is 5.99. The van der Waals surface area contributed by atoms with E-state index in [1.807, 2.05) is 48.5 Å². The van der Waals surface area contributed by atoms with Gasteiger partial charge in [0.05, 0.1) is 19.3 Å². The molecule has 1 saturated heterocycles. The molecule has 2 amide bonds. The van der Waals surface area contributed by atoms with Gasteiger partial charge in [-0.05, 0) is 35.7 Å². The highest BCUT2D eigenvalue weighted by atomic mass is 32.1. The lowest BCUT2D eigenvalue weighted by Crippen LogP contribution is -2.42. The van der Waals surface area contributed by atoms with Gasteiger partial charge in [-0.1, -0.05) is 41.7 Å². The first-order valence-corrected chi connectivity index (χ1v) is 10.4. The van der Waals surface area contributed by atoms with Crippen LogP contribution >= 0.6 is 11.3 Å². The quantitative estimate of drug-likeness (QED) is 0.678. The molecule has 1 fully saturated rings. The molecule has 0 radical (unpaired) electrons. The summed E-state index contributed by atoms with van der Waals surface area (Å²) in [6, 6.07) is 14.8. The third kappa shape index (κ3) is 2.60. The van der Waals surface area contributed by atoms with E-state index in [0.29, 0.717) is 28.7 Å². The Morgan fingerprint density at radius 2 is 2.13 bits per heavy atom. The van der Waals surface area contributed by atoms with E-state index in [9.17, 15) is 9.59 Å². The largest absolute Gasteiger partial charge is 0.497 e. The topological polar surface area (TPSA) is 97.6 Å². The number of para-hydroxylation sites is 1. The summed E-state index contributed by atoms with van der Waals surface area (Å²) in [7, 11) is 1.60.